The van der Waals surface area contributed by atoms with E-state index in [2.05, 4.69) is 15.9 Å². The molecular formula is C15H13BrO. The van der Waals surface area contributed by atoms with Gasteiger partial charge in [0.25, 0.3) is 0 Å². The average molecular weight is 289 g/mol. The number of carbonyl (C=O) groups is 1. The Labute approximate surface area is 110 Å². The lowest BCUT2D eigenvalue weighted by atomic mass is 9.98. The molecule has 0 aliphatic heterocycles. The number of hydrogen-bond acceptors (Lipinski definition) is 1. The summed E-state index contributed by atoms with van der Waals surface area (Å²) in [4.78, 5) is 12.3. The van der Waals surface area contributed by atoms with Crippen molar-refractivity contribution >= 4 is 21.7 Å². The Morgan fingerprint density at radius 2 is 1.82 bits per heavy atom. The number of benzene rings is 2. The Morgan fingerprint density at radius 3 is 2.47 bits per heavy atom. The molecule has 0 saturated carbocycles. The van der Waals surface area contributed by atoms with E-state index in [-0.39, 0.29) is 5.78 Å². The van der Waals surface area contributed by atoms with Gasteiger partial charge in [-0.05, 0) is 31.5 Å². The third-order valence-corrected chi connectivity index (χ3v) is 3.21. The minimum atomic E-state index is 0.0730. The first kappa shape index (κ1) is 12.1. The van der Waals surface area contributed by atoms with Gasteiger partial charge in [-0.1, -0.05) is 51.8 Å². The highest BCUT2D eigenvalue weighted by atomic mass is 79.9. The van der Waals surface area contributed by atoms with E-state index in [0.29, 0.717) is 5.56 Å². The van der Waals surface area contributed by atoms with Gasteiger partial charge in [0.15, 0.2) is 5.78 Å². The Hall–Kier alpha value is -1.41. The van der Waals surface area contributed by atoms with Crippen LogP contribution in [0.4, 0.5) is 0 Å². The lowest BCUT2D eigenvalue weighted by molar-refractivity contribution is 0.103. The smallest absolute Gasteiger partial charge is 0.193 e. The van der Waals surface area contributed by atoms with Crippen molar-refractivity contribution < 1.29 is 4.79 Å². The maximum absolute atomic E-state index is 12.3. The van der Waals surface area contributed by atoms with Gasteiger partial charge < -0.3 is 0 Å². The van der Waals surface area contributed by atoms with Crippen LogP contribution in [-0.4, -0.2) is 5.78 Å². The summed E-state index contributed by atoms with van der Waals surface area (Å²) >= 11 is 3.38. The van der Waals surface area contributed by atoms with Crippen molar-refractivity contribution in [3.8, 4) is 0 Å². The summed E-state index contributed by atoms with van der Waals surface area (Å²) in [6, 6.07) is 13.4. The third-order valence-electron chi connectivity index (χ3n) is 2.71. The highest BCUT2D eigenvalue weighted by Gasteiger charge is 2.11. The second-order valence-corrected chi connectivity index (χ2v) is 5.07. The van der Waals surface area contributed by atoms with Crippen LogP contribution in [0.3, 0.4) is 0 Å². The monoisotopic (exact) mass is 288 g/mol. The van der Waals surface area contributed by atoms with Crippen LogP contribution in [0.15, 0.2) is 46.9 Å². The molecule has 0 aliphatic carbocycles. The molecule has 2 aromatic carbocycles. The maximum Gasteiger partial charge on any atom is 0.193 e. The highest BCUT2D eigenvalue weighted by molar-refractivity contribution is 9.10. The molecule has 86 valence electrons. The van der Waals surface area contributed by atoms with Gasteiger partial charge in [0, 0.05) is 15.6 Å². The molecule has 0 radical (unpaired) electrons. The van der Waals surface area contributed by atoms with Crippen LogP contribution in [-0.2, 0) is 0 Å². The fraction of sp³-hybridized carbons (Fsp3) is 0.133. The molecular weight excluding hydrogens is 276 g/mol. The van der Waals surface area contributed by atoms with Crippen LogP contribution in [0.5, 0.6) is 0 Å². The molecule has 0 amide bonds. The molecule has 0 spiro atoms. The van der Waals surface area contributed by atoms with Crippen LogP contribution in [0.2, 0.25) is 0 Å². The van der Waals surface area contributed by atoms with Crippen molar-refractivity contribution in [2.24, 2.45) is 0 Å². The number of ketones is 1. The van der Waals surface area contributed by atoms with Crippen molar-refractivity contribution in [1.82, 2.24) is 0 Å². The van der Waals surface area contributed by atoms with Gasteiger partial charge in [-0.25, -0.2) is 0 Å². The van der Waals surface area contributed by atoms with Gasteiger partial charge in [0.05, 0.1) is 0 Å². The summed E-state index contributed by atoms with van der Waals surface area (Å²) in [5, 5.41) is 0. The van der Waals surface area contributed by atoms with Gasteiger partial charge in [-0.3, -0.25) is 4.79 Å². The Balaban J connectivity index is 2.44. The molecule has 0 heterocycles. The molecule has 2 rings (SSSR count). The quantitative estimate of drug-likeness (QED) is 0.753. The van der Waals surface area contributed by atoms with Crippen molar-refractivity contribution in [1.29, 1.82) is 0 Å². The van der Waals surface area contributed by atoms with Crippen LogP contribution < -0.4 is 0 Å². The number of halogens is 1. The minimum Gasteiger partial charge on any atom is -0.289 e. The maximum atomic E-state index is 12.3. The number of rotatable bonds is 2. The number of carbonyl (C=O) groups excluding carboxylic acids is 1. The molecule has 17 heavy (non-hydrogen) atoms. The van der Waals surface area contributed by atoms with Crippen molar-refractivity contribution in [2.45, 2.75) is 13.8 Å². The molecule has 0 unspecified atom stereocenters. The summed E-state index contributed by atoms with van der Waals surface area (Å²) in [5.74, 6) is 0.0730. The summed E-state index contributed by atoms with van der Waals surface area (Å²) in [7, 11) is 0. The molecule has 2 aromatic rings. The van der Waals surface area contributed by atoms with Crippen LogP contribution in [0.25, 0.3) is 0 Å². The first-order valence-corrected chi connectivity index (χ1v) is 6.25. The SMILES string of the molecule is Cc1ccc(C(=O)c2cccc(Br)c2)c(C)c1. The van der Waals surface area contributed by atoms with Crippen LogP contribution in [0.1, 0.15) is 27.0 Å². The van der Waals surface area contributed by atoms with Gasteiger partial charge >= 0.3 is 0 Å². The fourth-order valence-corrected chi connectivity index (χ4v) is 2.25. The second-order valence-electron chi connectivity index (χ2n) is 4.16. The zero-order valence-electron chi connectivity index (χ0n) is 9.83. The standard InChI is InChI=1S/C15H13BrO/c1-10-6-7-14(11(2)8-10)15(17)12-4-3-5-13(16)9-12/h3-9H,1-2H3. The number of aryl methyl sites for hydroxylation is 2. The third kappa shape index (κ3) is 2.64. The summed E-state index contributed by atoms with van der Waals surface area (Å²) in [5.41, 5.74) is 3.68. The summed E-state index contributed by atoms with van der Waals surface area (Å²) in [6.07, 6.45) is 0. The molecule has 0 atom stereocenters. The van der Waals surface area contributed by atoms with E-state index in [1.807, 2.05) is 56.3 Å². The van der Waals surface area contributed by atoms with E-state index in [0.717, 1.165) is 15.6 Å². The van der Waals surface area contributed by atoms with Crippen LogP contribution in [0, 0.1) is 13.8 Å². The van der Waals surface area contributed by atoms with Crippen LogP contribution >= 0.6 is 15.9 Å². The lowest BCUT2D eigenvalue weighted by Gasteiger charge is -2.06. The zero-order valence-corrected chi connectivity index (χ0v) is 11.4. The number of hydrogen-bond donors (Lipinski definition) is 0. The van der Waals surface area contributed by atoms with E-state index in [4.69, 9.17) is 0 Å². The average Bonchev–Trinajstić information content (AvgIpc) is 2.28. The Kier molecular flexibility index (Phi) is 3.43. The predicted molar refractivity (Wildman–Crippen MR) is 73.5 cm³/mol. The molecule has 0 saturated heterocycles. The van der Waals surface area contributed by atoms with Crippen molar-refractivity contribution in [2.75, 3.05) is 0 Å². The zero-order chi connectivity index (χ0) is 12.4. The van der Waals surface area contributed by atoms with Crippen molar-refractivity contribution in [3.05, 3.63) is 69.2 Å². The normalized spacial score (nSPS) is 10.3. The molecule has 0 fully saturated rings. The molecule has 0 N–H and O–H groups in total. The topological polar surface area (TPSA) is 17.1 Å². The van der Waals surface area contributed by atoms with E-state index in [9.17, 15) is 4.79 Å². The molecule has 2 heteroatoms. The highest BCUT2D eigenvalue weighted by Crippen LogP contribution is 2.18. The van der Waals surface area contributed by atoms with Gasteiger partial charge in [0.2, 0.25) is 0 Å². The summed E-state index contributed by atoms with van der Waals surface area (Å²) < 4.78 is 0.924. The predicted octanol–water partition coefficient (Wildman–Crippen LogP) is 4.30. The van der Waals surface area contributed by atoms with E-state index in [1.54, 1.807) is 0 Å². The van der Waals surface area contributed by atoms with Gasteiger partial charge in [-0.15, -0.1) is 0 Å². The van der Waals surface area contributed by atoms with Gasteiger partial charge in [0.1, 0.15) is 0 Å². The van der Waals surface area contributed by atoms with E-state index >= 15 is 0 Å². The largest absolute Gasteiger partial charge is 0.289 e. The Morgan fingerprint density at radius 1 is 1.06 bits per heavy atom. The lowest BCUT2D eigenvalue weighted by Crippen LogP contribution is -2.03. The summed E-state index contributed by atoms with van der Waals surface area (Å²) in [6.45, 7) is 4.00. The second kappa shape index (κ2) is 4.84. The molecule has 0 bridgehead atoms. The minimum absolute atomic E-state index is 0.0730. The molecule has 1 nitrogen and oxygen atoms in total. The fourth-order valence-electron chi connectivity index (χ4n) is 1.85. The molecule has 0 aliphatic rings. The van der Waals surface area contributed by atoms with E-state index < -0.39 is 0 Å². The molecule has 0 aromatic heterocycles. The first-order valence-electron chi connectivity index (χ1n) is 5.45. The first-order chi connectivity index (χ1) is 8.08. The van der Waals surface area contributed by atoms with Crippen molar-refractivity contribution in [3.63, 3.8) is 0 Å². The van der Waals surface area contributed by atoms with E-state index in [1.165, 1.54) is 5.56 Å². The van der Waals surface area contributed by atoms with Gasteiger partial charge in [-0.2, -0.15) is 0 Å². The Bertz CT molecular complexity index is 573.